The highest BCUT2D eigenvalue weighted by molar-refractivity contribution is 8.13. The van der Waals surface area contributed by atoms with E-state index in [4.69, 9.17) is 14.2 Å². The normalized spacial score (nSPS) is 11.8. The smallest absolute Gasteiger partial charge is 0.338 e. The van der Waals surface area contributed by atoms with Crippen LogP contribution in [0.3, 0.4) is 0 Å². The van der Waals surface area contributed by atoms with Gasteiger partial charge in [0.05, 0.1) is 18.0 Å². The number of nitrogens with zero attached hydrogens (tertiary/aromatic N) is 4. The summed E-state index contributed by atoms with van der Waals surface area (Å²) < 4.78 is 32.6. The van der Waals surface area contributed by atoms with Crippen molar-refractivity contribution in [3.8, 4) is 0 Å². The molecule has 0 aliphatic carbocycles. The number of halogens is 1. The number of aryl methyl sites for hydroxylation is 1. The number of ether oxygens (including phenoxy) is 3. The van der Waals surface area contributed by atoms with Gasteiger partial charge in [-0.1, -0.05) is 114 Å². The van der Waals surface area contributed by atoms with E-state index in [0.29, 0.717) is 42.7 Å². The molecule has 1 aromatic carbocycles. The van der Waals surface area contributed by atoms with Crippen molar-refractivity contribution < 1.29 is 37.8 Å². The van der Waals surface area contributed by atoms with Crippen LogP contribution in [0.1, 0.15) is 139 Å². The number of anilines is 1. The standard InChI is InChI=1S/C40H58FN5O7S/c1-4-5-6-7-8-9-10-11-12-13-14-15-16-23-35(49)52-27-31-20-17-18-21-33(31)39(50)53-28-32(51-3)24-25-46-29-42-36-37(44-40(41)45-38(36)46)43-34(48)22-19-26-54-30(2)47/h17-18,20-21,29,32H,4-16,19,22-28H2,1-3H3,(H,43,44,45,48). The molecule has 1 N–H and O–H groups in total. The van der Waals surface area contributed by atoms with E-state index in [-0.39, 0.29) is 53.6 Å². The number of esters is 2. The lowest BCUT2D eigenvalue weighted by Crippen LogP contribution is -2.23. The van der Waals surface area contributed by atoms with Crippen LogP contribution in [0.5, 0.6) is 0 Å². The van der Waals surface area contributed by atoms with Crippen LogP contribution >= 0.6 is 11.8 Å². The summed E-state index contributed by atoms with van der Waals surface area (Å²) in [6.45, 7) is 3.93. The first kappa shape index (κ1) is 44.5. The average molecular weight is 772 g/mol. The number of imidazole rings is 1. The highest BCUT2D eigenvalue weighted by Gasteiger charge is 2.19. The Morgan fingerprint density at radius 2 is 1.54 bits per heavy atom. The second kappa shape index (κ2) is 26.0. The molecule has 0 bridgehead atoms. The number of hydrogen-bond donors (Lipinski definition) is 1. The van der Waals surface area contributed by atoms with E-state index in [9.17, 15) is 23.6 Å². The predicted octanol–water partition coefficient (Wildman–Crippen LogP) is 8.75. The largest absolute Gasteiger partial charge is 0.461 e. The zero-order chi connectivity index (χ0) is 39.0. The average Bonchev–Trinajstić information content (AvgIpc) is 3.57. The summed E-state index contributed by atoms with van der Waals surface area (Å²) in [5, 5.41) is 2.56. The second-order valence-electron chi connectivity index (χ2n) is 13.5. The molecule has 54 heavy (non-hydrogen) atoms. The number of fused-ring (bicyclic) bond motifs is 1. The van der Waals surface area contributed by atoms with Crippen LogP contribution < -0.4 is 5.32 Å². The number of thioether (sulfide) groups is 1. The Balaban J connectivity index is 1.38. The SMILES string of the molecule is CCCCCCCCCCCCCCCC(=O)OCc1ccccc1C(=O)OCC(CCn1cnc2c(NC(=O)CCCSC(C)=O)nc(F)nc21)OC. The van der Waals surface area contributed by atoms with E-state index >= 15 is 0 Å². The molecule has 1 amide bonds. The number of carbonyl (C=O) groups excluding carboxylic acids is 4. The minimum Gasteiger partial charge on any atom is -0.461 e. The van der Waals surface area contributed by atoms with E-state index in [1.807, 2.05) is 0 Å². The van der Waals surface area contributed by atoms with Gasteiger partial charge in [0.25, 0.3) is 0 Å². The van der Waals surface area contributed by atoms with Gasteiger partial charge >= 0.3 is 18.0 Å². The fourth-order valence-electron chi connectivity index (χ4n) is 5.97. The molecule has 2 aromatic heterocycles. The fraction of sp³-hybridized carbons (Fsp3) is 0.625. The maximum Gasteiger partial charge on any atom is 0.338 e. The molecule has 3 rings (SSSR count). The van der Waals surface area contributed by atoms with Crippen LogP contribution in [-0.2, 0) is 41.7 Å². The molecule has 12 nitrogen and oxygen atoms in total. The van der Waals surface area contributed by atoms with Gasteiger partial charge in [-0.25, -0.2) is 9.78 Å². The molecule has 0 aliphatic heterocycles. The summed E-state index contributed by atoms with van der Waals surface area (Å²) in [6.07, 6.45) is 17.3. The van der Waals surface area contributed by atoms with Gasteiger partial charge < -0.3 is 24.1 Å². The van der Waals surface area contributed by atoms with Crippen molar-refractivity contribution in [1.29, 1.82) is 0 Å². The Morgan fingerprint density at radius 1 is 0.870 bits per heavy atom. The Bertz CT molecular complexity index is 1600. The number of methoxy groups -OCH3 is 1. The molecule has 298 valence electrons. The van der Waals surface area contributed by atoms with E-state index in [2.05, 4.69) is 27.2 Å². The monoisotopic (exact) mass is 771 g/mol. The van der Waals surface area contributed by atoms with E-state index in [1.54, 1.807) is 28.8 Å². The number of benzene rings is 1. The quantitative estimate of drug-likeness (QED) is 0.0429. The third kappa shape index (κ3) is 17.0. The lowest BCUT2D eigenvalue weighted by molar-refractivity contribution is -0.145. The molecule has 0 radical (unpaired) electrons. The van der Waals surface area contributed by atoms with Crippen LogP contribution in [0.4, 0.5) is 10.2 Å². The maximum absolute atomic E-state index is 14.4. The molecule has 3 aromatic rings. The van der Waals surface area contributed by atoms with Crippen molar-refractivity contribution >= 4 is 51.7 Å². The number of carbonyl (C=O) groups is 4. The Morgan fingerprint density at radius 3 is 2.20 bits per heavy atom. The number of rotatable bonds is 28. The Hall–Kier alpha value is -3.91. The van der Waals surface area contributed by atoms with Crippen molar-refractivity contribution in [3.05, 3.63) is 47.8 Å². The van der Waals surface area contributed by atoms with Crippen molar-refractivity contribution in [2.75, 3.05) is 24.8 Å². The zero-order valence-corrected chi connectivity index (χ0v) is 33.1. The first-order valence-corrected chi connectivity index (χ1v) is 20.4. The number of unbranched alkanes of at least 4 members (excludes halogenated alkanes) is 12. The number of hydrogen-bond acceptors (Lipinski definition) is 11. The van der Waals surface area contributed by atoms with E-state index in [0.717, 1.165) is 31.0 Å². The van der Waals surface area contributed by atoms with Gasteiger partial charge in [-0.15, -0.1) is 0 Å². The van der Waals surface area contributed by atoms with Gasteiger partial charge in [-0.05, 0) is 25.3 Å². The molecular formula is C40H58FN5O7S. The summed E-state index contributed by atoms with van der Waals surface area (Å²) in [7, 11) is 1.50. The van der Waals surface area contributed by atoms with Crippen molar-refractivity contribution in [2.24, 2.45) is 0 Å². The van der Waals surface area contributed by atoms with Crippen LogP contribution in [0.25, 0.3) is 11.2 Å². The van der Waals surface area contributed by atoms with Gasteiger partial charge in [0.2, 0.25) is 5.91 Å². The van der Waals surface area contributed by atoms with Gasteiger partial charge in [-0.3, -0.25) is 14.4 Å². The maximum atomic E-state index is 14.4. The van der Waals surface area contributed by atoms with Crippen LogP contribution in [0, 0.1) is 6.08 Å². The third-order valence-electron chi connectivity index (χ3n) is 9.08. The van der Waals surface area contributed by atoms with E-state index in [1.165, 1.54) is 84.6 Å². The van der Waals surface area contributed by atoms with Crippen LogP contribution in [0.15, 0.2) is 30.6 Å². The molecule has 0 saturated carbocycles. The molecule has 0 fully saturated rings. The topological polar surface area (TPSA) is 152 Å². The minimum atomic E-state index is -1.02. The lowest BCUT2D eigenvalue weighted by atomic mass is 10.0. The second-order valence-corrected chi connectivity index (χ2v) is 14.8. The van der Waals surface area contributed by atoms with Gasteiger partial charge in [-0.2, -0.15) is 14.4 Å². The van der Waals surface area contributed by atoms with Crippen LogP contribution in [0.2, 0.25) is 0 Å². The minimum absolute atomic E-state index is 0.0236. The molecule has 0 aliphatic rings. The van der Waals surface area contributed by atoms with Crippen molar-refractivity contribution in [2.45, 2.75) is 142 Å². The number of amides is 1. The Labute approximate surface area is 323 Å². The van der Waals surface area contributed by atoms with Crippen molar-refractivity contribution in [1.82, 2.24) is 19.5 Å². The zero-order valence-electron chi connectivity index (χ0n) is 32.2. The van der Waals surface area contributed by atoms with Gasteiger partial charge in [0.15, 0.2) is 22.1 Å². The molecule has 1 atom stereocenters. The summed E-state index contributed by atoms with van der Waals surface area (Å²) >= 11 is 1.14. The molecule has 1 unspecified atom stereocenters. The van der Waals surface area contributed by atoms with E-state index < -0.39 is 18.2 Å². The first-order chi connectivity index (χ1) is 26.2. The predicted molar refractivity (Wildman–Crippen MR) is 209 cm³/mol. The summed E-state index contributed by atoms with van der Waals surface area (Å²) in [4.78, 5) is 60.9. The van der Waals surface area contributed by atoms with Gasteiger partial charge in [0.1, 0.15) is 13.2 Å². The fourth-order valence-corrected chi connectivity index (χ4v) is 6.55. The molecular weight excluding hydrogens is 714 g/mol. The molecule has 0 spiro atoms. The highest BCUT2D eigenvalue weighted by Crippen LogP contribution is 2.21. The molecule has 0 saturated heterocycles. The highest BCUT2D eigenvalue weighted by atomic mass is 32.2. The van der Waals surface area contributed by atoms with Gasteiger partial charge in [0, 0.05) is 44.7 Å². The summed E-state index contributed by atoms with van der Waals surface area (Å²) in [5.74, 6) is -0.764. The summed E-state index contributed by atoms with van der Waals surface area (Å²) in [6, 6.07) is 6.86. The number of aromatic nitrogens is 4. The summed E-state index contributed by atoms with van der Waals surface area (Å²) in [5.41, 5.74) is 1.28. The van der Waals surface area contributed by atoms with Crippen molar-refractivity contribution in [3.63, 3.8) is 0 Å². The first-order valence-electron chi connectivity index (χ1n) is 19.5. The number of nitrogens with one attached hydrogen (secondary N) is 1. The lowest BCUT2D eigenvalue weighted by Gasteiger charge is -2.17. The van der Waals surface area contributed by atoms with Crippen LogP contribution in [-0.4, -0.2) is 68.1 Å². The molecule has 14 heteroatoms. The Kier molecular flexibility index (Phi) is 21.4. The third-order valence-corrected chi connectivity index (χ3v) is 9.98. The molecule has 2 heterocycles.